The first-order valence-electron chi connectivity index (χ1n) is 8.97. The van der Waals surface area contributed by atoms with Gasteiger partial charge in [0, 0.05) is 11.5 Å². The molecule has 4 heterocycles. The number of hydrogen-bond donors (Lipinski definition) is 2. The molecule has 0 radical (unpaired) electrons. The highest BCUT2D eigenvalue weighted by atomic mass is 32.2. The first-order chi connectivity index (χ1) is 15.0. The van der Waals surface area contributed by atoms with Crippen LogP contribution >= 0.6 is 23.5 Å². The predicted octanol–water partition coefficient (Wildman–Crippen LogP) is -0.137. The molecule has 2 atom stereocenters. The molecular weight excluding hydrogens is 446 g/mol. The second kappa shape index (κ2) is 8.82. The Labute approximate surface area is 183 Å². The number of aromatic nitrogens is 4. The summed E-state index contributed by atoms with van der Waals surface area (Å²) in [5, 5.41) is 32.1. The van der Waals surface area contributed by atoms with Crippen molar-refractivity contribution in [2.75, 3.05) is 11.5 Å². The fourth-order valence-corrected chi connectivity index (χ4v) is 5.57. The van der Waals surface area contributed by atoms with Gasteiger partial charge in [0.15, 0.2) is 0 Å². The number of hydrogen-bond acceptors (Lipinski definition) is 10. The van der Waals surface area contributed by atoms with Gasteiger partial charge in [-0.2, -0.15) is 5.26 Å². The second-order valence-corrected chi connectivity index (χ2v) is 8.58. The summed E-state index contributed by atoms with van der Waals surface area (Å²) in [6.07, 6.45) is 1.45. The number of thioether (sulfide) groups is 2. The lowest BCUT2D eigenvalue weighted by molar-refractivity contribution is -0.150. The number of rotatable bonds is 8. The zero-order valence-electron chi connectivity index (χ0n) is 15.8. The van der Waals surface area contributed by atoms with Crippen LogP contribution in [0.4, 0.5) is 0 Å². The number of carboxylic acid groups (broad SMARTS) is 1. The number of carbonyl (C=O) groups is 3. The first kappa shape index (κ1) is 20.9. The van der Waals surface area contributed by atoms with Crippen LogP contribution in [0.25, 0.3) is 0 Å². The number of nitrogens with one attached hydrogen (secondary N) is 1. The van der Waals surface area contributed by atoms with Crippen LogP contribution in [0.3, 0.4) is 0 Å². The van der Waals surface area contributed by atoms with Crippen molar-refractivity contribution in [3.63, 3.8) is 0 Å². The Kier molecular flexibility index (Phi) is 5.96. The van der Waals surface area contributed by atoms with Crippen LogP contribution in [0.5, 0.6) is 0 Å². The average molecular weight is 461 g/mol. The van der Waals surface area contributed by atoms with Crippen molar-refractivity contribution in [1.29, 1.82) is 5.26 Å². The standard InChI is InChI=1S/C17H15N7O5S2/c18-3-4-23-17(20-21-22-23)31-8-9-7-30-15-12(14(26)24(15)13(9)16(27)28)19-11(25)6-10-2-1-5-29-10/h1-2,5,12,15H,4,6-8H2,(H,19,25)(H,27,28)/t12?,15-/m0/s1. The minimum atomic E-state index is -1.22. The number of aliphatic carboxylic acids is 1. The van der Waals surface area contributed by atoms with Gasteiger partial charge in [0.05, 0.1) is 18.8 Å². The van der Waals surface area contributed by atoms with Crippen molar-refractivity contribution in [3.05, 3.63) is 35.4 Å². The number of nitriles is 1. The van der Waals surface area contributed by atoms with Crippen LogP contribution in [0.15, 0.2) is 39.2 Å². The molecular formula is C17H15N7O5S2. The number of β-lactam (4-membered cyclic amide) rings is 1. The Hall–Kier alpha value is -3.31. The van der Waals surface area contributed by atoms with Gasteiger partial charge in [-0.3, -0.25) is 14.5 Å². The molecule has 4 rings (SSSR count). The third kappa shape index (κ3) is 4.14. The summed E-state index contributed by atoms with van der Waals surface area (Å²) in [6, 6.07) is 4.47. The molecule has 0 spiro atoms. The van der Waals surface area contributed by atoms with Gasteiger partial charge < -0.3 is 14.8 Å². The molecule has 2 aromatic heterocycles. The third-order valence-corrected chi connectivity index (χ3v) is 6.96. The van der Waals surface area contributed by atoms with E-state index in [1.165, 1.54) is 39.4 Å². The molecule has 0 aliphatic carbocycles. The maximum atomic E-state index is 12.7. The topological polar surface area (TPSA) is 167 Å². The molecule has 0 saturated carbocycles. The van der Waals surface area contributed by atoms with Gasteiger partial charge in [-0.05, 0) is 28.1 Å². The Morgan fingerprint density at radius 3 is 3.03 bits per heavy atom. The molecule has 2 aromatic rings. The van der Waals surface area contributed by atoms with Crippen molar-refractivity contribution >= 4 is 41.3 Å². The van der Waals surface area contributed by atoms with Gasteiger partial charge in [-0.15, -0.1) is 16.9 Å². The summed E-state index contributed by atoms with van der Waals surface area (Å²) in [7, 11) is 0. The van der Waals surface area contributed by atoms with Crippen molar-refractivity contribution in [2.24, 2.45) is 0 Å². The van der Waals surface area contributed by atoms with E-state index < -0.39 is 23.3 Å². The highest BCUT2D eigenvalue weighted by Crippen LogP contribution is 2.41. The average Bonchev–Trinajstić information content (AvgIpc) is 3.42. The molecule has 2 amide bonds. The normalized spacial score (nSPS) is 20.1. The highest BCUT2D eigenvalue weighted by molar-refractivity contribution is 8.01. The number of tetrazole rings is 1. The Bertz CT molecular complexity index is 1090. The molecule has 2 aliphatic heterocycles. The summed E-state index contributed by atoms with van der Waals surface area (Å²) in [4.78, 5) is 38.0. The quantitative estimate of drug-likeness (QED) is 0.397. The maximum absolute atomic E-state index is 12.7. The van der Waals surface area contributed by atoms with Gasteiger partial charge >= 0.3 is 5.97 Å². The zero-order chi connectivity index (χ0) is 22.0. The van der Waals surface area contributed by atoms with E-state index >= 15 is 0 Å². The smallest absolute Gasteiger partial charge is 0.352 e. The lowest BCUT2D eigenvalue weighted by Crippen LogP contribution is -2.70. The maximum Gasteiger partial charge on any atom is 0.352 e. The van der Waals surface area contributed by atoms with Crippen LogP contribution in [-0.4, -0.2) is 70.9 Å². The number of furan rings is 1. The van der Waals surface area contributed by atoms with Gasteiger partial charge in [0.2, 0.25) is 11.1 Å². The number of fused-ring (bicyclic) bond motifs is 1. The second-order valence-electron chi connectivity index (χ2n) is 6.53. The molecule has 31 heavy (non-hydrogen) atoms. The van der Waals surface area contributed by atoms with Gasteiger partial charge in [-0.25, -0.2) is 9.48 Å². The molecule has 0 aromatic carbocycles. The molecule has 12 nitrogen and oxygen atoms in total. The van der Waals surface area contributed by atoms with E-state index in [1.54, 1.807) is 12.1 Å². The zero-order valence-corrected chi connectivity index (χ0v) is 17.4. The van der Waals surface area contributed by atoms with Crippen molar-refractivity contribution < 1.29 is 23.9 Å². The van der Waals surface area contributed by atoms with Gasteiger partial charge in [0.1, 0.15) is 29.4 Å². The Morgan fingerprint density at radius 1 is 1.48 bits per heavy atom. The van der Waals surface area contributed by atoms with Gasteiger partial charge in [0.25, 0.3) is 5.91 Å². The molecule has 1 fully saturated rings. The van der Waals surface area contributed by atoms with E-state index in [-0.39, 0.29) is 30.3 Å². The molecule has 1 unspecified atom stereocenters. The Balaban J connectivity index is 1.44. The summed E-state index contributed by atoms with van der Waals surface area (Å²) in [6.45, 7) is -0.0268. The van der Waals surface area contributed by atoms with Crippen molar-refractivity contribution in [1.82, 2.24) is 30.4 Å². The monoisotopic (exact) mass is 461 g/mol. The molecule has 14 heteroatoms. The SMILES string of the molecule is N#CCn1nnnc1SCC1=C(C(=O)O)N2C(=O)C(NC(=O)Cc3ccco3)[C@@H]2SC1. The van der Waals surface area contributed by atoms with Crippen LogP contribution in [0, 0.1) is 11.3 Å². The summed E-state index contributed by atoms with van der Waals surface area (Å²) >= 11 is 2.56. The third-order valence-electron chi connectivity index (χ3n) is 4.58. The van der Waals surface area contributed by atoms with Crippen LogP contribution in [0.2, 0.25) is 0 Å². The molecule has 1 saturated heterocycles. The fourth-order valence-electron chi connectivity index (χ4n) is 3.21. The predicted molar refractivity (Wildman–Crippen MR) is 106 cm³/mol. The highest BCUT2D eigenvalue weighted by Gasteiger charge is 2.54. The summed E-state index contributed by atoms with van der Waals surface area (Å²) in [5.74, 6) is -0.980. The van der Waals surface area contributed by atoms with E-state index in [4.69, 9.17) is 9.68 Å². The van der Waals surface area contributed by atoms with Crippen molar-refractivity contribution in [3.8, 4) is 6.07 Å². The van der Waals surface area contributed by atoms with E-state index in [0.29, 0.717) is 22.2 Å². The van der Waals surface area contributed by atoms with E-state index in [0.717, 1.165) is 0 Å². The van der Waals surface area contributed by atoms with Crippen LogP contribution in [0.1, 0.15) is 5.76 Å². The minimum Gasteiger partial charge on any atom is -0.477 e. The number of nitrogens with zero attached hydrogens (tertiary/aromatic N) is 6. The van der Waals surface area contributed by atoms with E-state index in [2.05, 4.69) is 20.8 Å². The molecule has 2 aliphatic rings. The molecule has 0 bridgehead atoms. The molecule has 2 N–H and O–H groups in total. The summed E-state index contributed by atoms with van der Waals surface area (Å²) < 4.78 is 6.44. The summed E-state index contributed by atoms with van der Waals surface area (Å²) in [5.41, 5.74) is 0.455. The first-order valence-corrected chi connectivity index (χ1v) is 11.0. The Morgan fingerprint density at radius 2 is 2.32 bits per heavy atom. The number of carboxylic acids is 1. The number of amides is 2. The lowest BCUT2D eigenvalue weighted by atomic mass is 10.0. The number of carbonyl (C=O) groups excluding carboxylic acids is 2. The van der Waals surface area contributed by atoms with Gasteiger partial charge in [-0.1, -0.05) is 11.8 Å². The molecule has 160 valence electrons. The fraction of sp³-hybridized carbons (Fsp3) is 0.353. The van der Waals surface area contributed by atoms with E-state index in [9.17, 15) is 19.5 Å². The van der Waals surface area contributed by atoms with Crippen LogP contribution < -0.4 is 5.32 Å². The van der Waals surface area contributed by atoms with Crippen molar-refractivity contribution in [2.45, 2.75) is 29.5 Å². The lowest BCUT2D eigenvalue weighted by Gasteiger charge is -2.49. The largest absolute Gasteiger partial charge is 0.477 e. The van der Waals surface area contributed by atoms with Crippen LogP contribution in [-0.2, 0) is 27.3 Å². The van der Waals surface area contributed by atoms with E-state index in [1.807, 2.05) is 6.07 Å². The minimum absolute atomic E-state index is 0.00486.